The Kier molecular flexibility index (Phi) is 5.90. The zero-order valence-corrected chi connectivity index (χ0v) is 12.8. The van der Waals surface area contributed by atoms with Gasteiger partial charge in [-0.2, -0.15) is 0 Å². The Morgan fingerprint density at radius 3 is 2.58 bits per heavy atom. The summed E-state index contributed by atoms with van der Waals surface area (Å²) < 4.78 is 6.30. The summed E-state index contributed by atoms with van der Waals surface area (Å²) in [6.07, 6.45) is 14.1. The van der Waals surface area contributed by atoms with E-state index in [1.54, 1.807) is 5.57 Å². The molecular formula is C17H31NO. The zero-order chi connectivity index (χ0) is 13.6. The van der Waals surface area contributed by atoms with E-state index in [0.29, 0.717) is 6.04 Å². The largest absolute Gasteiger partial charge is 0.373 e. The molecule has 0 aliphatic heterocycles. The second kappa shape index (κ2) is 7.44. The van der Waals surface area contributed by atoms with Crippen molar-refractivity contribution >= 4 is 0 Å². The van der Waals surface area contributed by atoms with Crippen LogP contribution in [0.3, 0.4) is 0 Å². The molecule has 0 bridgehead atoms. The number of allylic oxidation sites excluding steroid dienone is 1. The highest BCUT2D eigenvalue weighted by molar-refractivity contribution is 5.20. The van der Waals surface area contributed by atoms with E-state index in [9.17, 15) is 0 Å². The fourth-order valence-electron chi connectivity index (χ4n) is 3.85. The smallest absolute Gasteiger partial charge is 0.0872 e. The van der Waals surface area contributed by atoms with Crippen molar-refractivity contribution in [3.63, 3.8) is 0 Å². The maximum atomic E-state index is 6.30. The first kappa shape index (κ1) is 15.1. The molecule has 0 radical (unpaired) electrons. The fourth-order valence-corrected chi connectivity index (χ4v) is 3.85. The minimum absolute atomic E-state index is 0.0904. The first-order valence-corrected chi connectivity index (χ1v) is 8.38. The summed E-state index contributed by atoms with van der Waals surface area (Å²) in [5.74, 6) is 0. The van der Waals surface area contributed by atoms with Gasteiger partial charge in [-0.05, 0) is 58.4 Å². The Morgan fingerprint density at radius 2 is 2.00 bits per heavy atom. The molecule has 2 nitrogen and oxygen atoms in total. The molecule has 0 aromatic carbocycles. The number of rotatable bonds is 7. The maximum Gasteiger partial charge on any atom is 0.0872 e. The van der Waals surface area contributed by atoms with Crippen LogP contribution in [-0.2, 0) is 4.74 Å². The number of ether oxygens (including phenoxy) is 1. The van der Waals surface area contributed by atoms with Crippen LogP contribution >= 0.6 is 0 Å². The van der Waals surface area contributed by atoms with E-state index >= 15 is 0 Å². The third-order valence-corrected chi connectivity index (χ3v) is 4.70. The van der Waals surface area contributed by atoms with Crippen LogP contribution in [0.5, 0.6) is 0 Å². The Bertz CT molecular complexity index is 292. The Labute approximate surface area is 119 Å². The Balaban J connectivity index is 2.16. The second-order valence-corrected chi connectivity index (χ2v) is 6.12. The molecule has 2 rings (SSSR count). The van der Waals surface area contributed by atoms with Crippen molar-refractivity contribution < 1.29 is 4.74 Å². The number of hydrogen-bond acceptors (Lipinski definition) is 2. The predicted octanol–water partition coefficient (Wildman–Crippen LogP) is 4.20. The summed E-state index contributed by atoms with van der Waals surface area (Å²) in [6, 6.07) is 0.468. The molecule has 110 valence electrons. The summed E-state index contributed by atoms with van der Waals surface area (Å²) in [5.41, 5.74) is 1.72. The highest BCUT2D eigenvalue weighted by atomic mass is 16.5. The standard InChI is InChI=1S/C17H31NO/c1-3-14-18-16(15-10-6-5-7-11-15)17(19-4-2)12-8-9-13-17/h10,16,18H,3-9,11-14H2,1-2H3. The number of hydrogen-bond donors (Lipinski definition) is 1. The summed E-state index contributed by atoms with van der Waals surface area (Å²) in [4.78, 5) is 0. The van der Waals surface area contributed by atoms with Gasteiger partial charge in [0, 0.05) is 6.61 Å². The molecular weight excluding hydrogens is 234 g/mol. The fraction of sp³-hybridized carbons (Fsp3) is 0.882. The molecule has 1 unspecified atom stereocenters. The number of nitrogens with one attached hydrogen (secondary N) is 1. The second-order valence-electron chi connectivity index (χ2n) is 6.12. The van der Waals surface area contributed by atoms with Crippen molar-refractivity contribution in [2.75, 3.05) is 13.2 Å². The van der Waals surface area contributed by atoms with E-state index < -0.39 is 0 Å². The molecule has 0 amide bonds. The molecule has 1 saturated carbocycles. The van der Waals surface area contributed by atoms with Crippen LogP contribution in [0.25, 0.3) is 0 Å². The molecule has 0 heterocycles. The lowest BCUT2D eigenvalue weighted by Crippen LogP contribution is -2.52. The van der Waals surface area contributed by atoms with Gasteiger partial charge >= 0.3 is 0 Å². The predicted molar refractivity (Wildman–Crippen MR) is 81.5 cm³/mol. The lowest BCUT2D eigenvalue weighted by Gasteiger charge is -2.40. The molecule has 1 fully saturated rings. The van der Waals surface area contributed by atoms with Gasteiger partial charge in [-0.25, -0.2) is 0 Å². The average Bonchev–Trinajstić information content (AvgIpc) is 2.90. The Morgan fingerprint density at radius 1 is 1.21 bits per heavy atom. The Hall–Kier alpha value is -0.340. The normalized spacial score (nSPS) is 24.2. The first-order valence-electron chi connectivity index (χ1n) is 8.38. The van der Waals surface area contributed by atoms with E-state index in [-0.39, 0.29) is 5.60 Å². The van der Waals surface area contributed by atoms with E-state index in [1.807, 2.05) is 0 Å². The SMILES string of the molecule is CCCNC(C1=CCCCC1)C1(OCC)CCCC1. The lowest BCUT2D eigenvalue weighted by molar-refractivity contribution is -0.0536. The van der Waals surface area contributed by atoms with Crippen molar-refractivity contribution in [2.45, 2.75) is 83.3 Å². The lowest BCUT2D eigenvalue weighted by atomic mass is 9.82. The van der Waals surface area contributed by atoms with Gasteiger partial charge in [0.05, 0.1) is 11.6 Å². The van der Waals surface area contributed by atoms with Gasteiger partial charge in [-0.15, -0.1) is 0 Å². The molecule has 19 heavy (non-hydrogen) atoms. The van der Waals surface area contributed by atoms with E-state index in [2.05, 4.69) is 25.2 Å². The third kappa shape index (κ3) is 3.61. The topological polar surface area (TPSA) is 21.3 Å². The molecule has 0 aromatic rings. The molecule has 1 N–H and O–H groups in total. The molecule has 2 heteroatoms. The van der Waals surface area contributed by atoms with Crippen molar-refractivity contribution in [3.8, 4) is 0 Å². The quantitative estimate of drug-likeness (QED) is 0.696. The van der Waals surface area contributed by atoms with Gasteiger partial charge in [0.25, 0.3) is 0 Å². The maximum absolute atomic E-state index is 6.30. The molecule has 1 atom stereocenters. The highest BCUT2D eigenvalue weighted by Gasteiger charge is 2.43. The highest BCUT2D eigenvalue weighted by Crippen LogP contribution is 2.40. The van der Waals surface area contributed by atoms with Crippen molar-refractivity contribution in [1.29, 1.82) is 0 Å². The molecule has 0 saturated heterocycles. The first-order chi connectivity index (χ1) is 9.32. The third-order valence-electron chi connectivity index (χ3n) is 4.70. The van der Waals surface area contributed by atoms with Crippen LogP contribution in [-0.4, -0.2) is 24.8 Å². The average molecular weight is 265 g/mol. The summed E-state index contributed by atoms with van der Waals surface area (Å²) in [7, 11) is 0. The van der Waals surface area contributed by atoms with Crippen molar-refractivity contribution in [1.82, 2.24) is 5.32 Å². The van der Waals surface area contributed by atoms with Gasteiger partial charge < -0.3 is 10.1 Å². The van der Waals surface area contributed by atoms with Gasteiger partial charge in [0.15, 0.2) is 0 Å². The molecule has 2 aliphatic rings. The monoisotopic (exact) mass is 265 g/mol. The molecule has 2 aliphatic carbocycles. The minimum Gasteiger partial charge on any atom is -0.373 e. The van der Waals surface area contributed by atoms with Crippen molar-refractivity contribution in [2.24, 2.45) is 0 Å². The van der Waals surface area contributed by atoms with Gasteiger partial charge in [-0.3, -0.25) is 0 Å². The van der Waals surface area contributed by atoms with Crippen molar-refractivity contribution in [3.05, 3.63) is 11.6 Å². The summed E-state index contributed by atoms with van der Waals surface area (Å²) in [6.45, 7) is 6.35. The molecule has 0 spiro atoms. The van der Waals surface area contributed by atoms with Crippen LogP contribution < -0.4 is 5.32 Å². The van der Waals surface area contributed by atoms with E-state index in [4.69, 9.17) is 4.74 Å². The minimum atomic E-state index is 0.0904. The van der Waals surface area contributed by atoms with Gasteiger partial charge in [0.2, 0.25) is 0 Å². The zero-order valence-electron chi connectivity index (χ0n) is 12.8. The van der Waals surface area contributed by atoms with Crippen LogP contribution in [0.1, 0.15) is 71.6 Å². The van der Waals surface area contributed by atoms with E-state index in [1.165, 1.54) is 57.8 Å². The van der Waals surface area contributed by atoms with Crippen LogP contribution in [0.4, 0.5) is 0 Å². The summed E-state index contributed by atoms with van der Waals surface area (Å²) >= 11 is 0. The van der Waals surface area contributed by atoms with Gasteiger partial charge in [0.1, 0.15) is 0 Å². The molecule has 0 aromatic heterocycles. The van der Waals surface area contributed by atoms with Gasteiger partial charge in [-0.1, -0.05) is 31.4 Å². The van der Waals surface area contributed by atoms with E-state index in [0.717, 1.165) is 13.2 Å². The summed E-state index contributed by atoms with van der Waals surface area (Å²) in [5, 5.41) is 3.81. The van der Waals surface area contributed by atoms with Crippen LogP contribution in [0.2, 0.25) is 0 Å². The van der Waals surface area contributed by atoms with Crippen LogP contribution in [0, 0.1) is 0 Å². The van der Waals surface area contributed by atoms with Crippen LogP contribution in [0.15, 0.2) is 11.6 Å².